The van der Waals surface area contributed by atoms with Gasteiger partial charge in [0.1, 0.15) is 0 Å². The van der Waals surface area contributed by atoms with E-state index in [0.29, 0.717) is 0 Å². The van der Waals surface area contributed by atoms with Gasteiger partial charge in [-0.2, -0.15) is 0 Å². The van der Waals surface area contributed by atoms with E-state index < -0.39 is 19.0 Å². The van der Waals surface area contributed by atoms with E-state index in [9.17, 15) is 0 Å². The van der Waals surface area contributed by atoms with Crippen LogP contribution >= 0.6 is 0 Å². The van der Waals surface area contributed by atoms with Crippen molar-refractivity contribution in [3.8, 4) is 0 Å². The number of unbranched alkanes of at least 4 members (excludes halogenated alkanes) is 3. The zero-order chi connectivity index (χ0) is 12.1. The first-order valence-electron chi connectivity index (χ1n) is 6.60. The van der Waals surface area contributed by atoms with Gasteiger partial charge in [-0.05, 0) is 0 Å². The maximum atomic E-state index is 5.70. The van der Waals surface area contributed by atoms with E-state index in [-0.39, 0.29) is 17.0 Å². The van der Waals surface area contributed by atoms with Crippen LogP contribution < -0.4 is 17.0 Å². The minimum atomic E-state index is -2.10. The molecule has 17 heavy (non-hydrogen) atoms. The van der Waals surface area contributed by atoms with Gasteiger partial charge in [0.25, 0.3) is 0 Å². The quantitative estimate of drug-likeness (QED) is 0.386. The molecule has 0 saturated heterocycles. The third kappa shape index (κ3) is 15.0. The monoisotopic (exact) mass is 346 g/mol. The minimum Gasteiger partial charge on any atom is -1.00 e. The minimum absolute atomic E-state index is 0. The largest absolute Gasteiger partial charge is 1.00 e. The van der Waals surface area contributed by atoms with E-state index >= 15 is 0 Å². The van der Waals surface area contributed by atoms with E-state index in [1.54, 1.807) is 0 Å². The first kappa shape index (κ1) is 20.4. The van der Waals surface area contributed by atoms with Crippen molar-refractivity contribution in [3.05, 3.63) is 0 Å². The number of halogens is 1. The second-order valence-electron chi connectivity index (χ2n) is 3.86. The standard InChI is InChI=1S/3C4H9O.BrH.Ti/c3*1-2-3-4-5;;/h3*2-4H2,1H3;1H;/q3*-1;;+4/p-1. The first-order chi connectivity index (χ1) is 7.85. The smallest absolute Gasteiger partial charge is 1.00 e. The average molecular weight is 347 g/mol. The number of hydrogen-bond acceptors (Lipinski definition) is 3. The Morgan fingerprint density at radius 3 is 1.18 bits per heavy atom. The summed E-state index contributed by atoms with van der Waals surface area (Å²) >= 11 is -2.10. The van der Waals surface area contributed by atoms with Gasteiger partial charge in [-0.1, -0.05) is 0 Å². The van der Waals surface area contributed by atoms with Crippen molar-refractivity contribution >= 4 is 0 Å². The van der Waals surface area contributed by atoms with Crippen LogP contribution in [0.1, 0.15) is 59.3 Å². The fraction of sp³-hybridized carbons (Fsp3) is 1.00. The molecule has 0 fully saturated rings. The molecule has 0 bridgehead atoms. The second kappa shape index (κ2) is 17.1. The zero-order valence-electron chi connectivity index (χ0n) is 11.5. The summed E-state index contributed by atoms with van der Waals surface area (Å²) in [5.74, 6) is 0. The van der Waals surface area contributed by atoms with Crippen molar-refractivity contribution in [2.45, 2.75) is 59.3 Å². The van der Waals surface area contributed by atoms with Crippen LogP contribution in [0.5, 0.6) is 0 Å². The molecule has 0 aliphatic heterocycles. The Morgan fingerprint density at radius 2 is 0.941 bits per heavy atom. The second-order valence-corrected chi connectivity index (χ2v) is 5.99. The molecular weight excluding hydrogens is 320 g/mol. The Hall–Kier alpha value is 1.07. The van der Waals surface area contributed by atoms with Crippen LogP contribution in [0.4, 0.5) is 0 Å². The molecule has 0 radical (unpaired) electrons. The molecule has 0 aromatic heterocycles. The maximum Gasteiger partial charge on any atom is -1.00 e. The molecular formula is C12H27BrO3Ti. The van der Waals surface area contributed by atoms with Crippen molar-refractivity contribution in [2.24, 2.45) is 0 Å². The van der Waals surface area contributed by atoms with Crippen LogP contribution in [0.2, 0.25) is 0 Å². The van der Waals surface area contributed by atoms with Gasteiger partial charge in [-0.3, -0.25) is 0 Å². The summed E-state index contributed by atoms with van der Waals surface area (Å²) in [6, 6.07) is 0. The van der Waals surface area contributed by atoms with Crippen LogP contribution in [0.15, 0.2) is 0 Å². The molecule has 0 aromatic carbocycles. The van der Waals surface area contributed by atoms with Crippen LogP contribution in [0.25, 0.3) is 0 Å². The number of hydrogen-bond donors (Lipinski definition) is 0. The van der Waals surface area contributed by atoms with E-state index in [4.69, 9.17) is 9.96 Å². The molecule has 0 N–H and O–H groups in total. The van der Waals surface area contributed by atoms with E-state index in [1.165, 1.54) is 0 Å². The van der Waals surface area contributed by atoms with Gasteiger partial charge in [0.05, 0.1) is 0 Å². The Balaban J connectivity index is 0. The predicted molar refractivity (Wildman–Crippen MR) is 62.6 cm³/mol. The van der Waals surface area contributed by atoms with Gasteiger partial charge in [0, 0.05) is 0 Å². The molecule has 0 saturated carbocycles. The summed E-state index contributed by atoms with van der Waals surface area (Å²) in [6.07, 6.45) is 6.79. The SMILES string of the molecule is CCCC[O][Ti+]([O]CCCC)[O]CCCC.[Br-]. The van der Waals surface area contributed by atoms with Gasteiger partial charge >= 0.3 is 108 Å². The summed E-state index contributed by atoms with van der Waals surface area (Å²) in [7, 11) is 0. The van der Waals surface area contributed by atoms with Crippen LogP contribution in [0, 0.1) is 0 Å². The first-order valence-corrected chi connectivity index (χ1v) is 8.51. The van der Waals surface area contributed by atoms with Crippen molar-refractivity contribution < 1.29 is 46.0 Å². The predicted octanol–water partition coefficient (Wildman–Crippen LogP) is 0.804. The Kier molecular flexibility index (Phi) is 20.5. The van der Waals surface area contributed by atoms with Crippen molar-refractivity contribution in [2.75, 3.05) is 19.8 Å². The molecule has 0 heterocycles. The molecule has 104 valence electrons. The molecule has 3 nitrogen and oxygen atoms in total. The molecule has 5 heteroatoms. The molecule has 0 aromatic rings. The van der Waals surface area contributed by atoms with Gasteiger partial charge in [0.2, 0.25) is 0 Å². The van der Waals surface area contributed by atoms with E-state index in [0.717, 1.165) is 58.3 Å². The Labute approximate surface area is 125 Å². The van der Waals surface area contributed by atoms with Gasteiger partial charge in [-0.15, -0.1) is 0 Å². The zero-order valence-corrected chi connectivity index (χ0v) is 14.6. The third-order valence-electron chi connectivity index (χ3n) is 2.15. The van der Waals surface area contributed by atoms with Crippen molar-refractivity contribution in [1.82, 2.24) is 0 Å². The average Bonchev–Trinajstić information content (AvgIpc) is 2.29. The summed E-state index contributed by atoms with van der Waals surface area (Å²) in [4.78, 5) is 0. The van der Waals surface area contributed by atoms with Crippen molar-refractivity contribution in [1.29, 1.82) is 0 Å². The molecule has 0 amide bonds. The van der Waals surface area contributed by atoms with Gasteiger partial charge < -0.3 is 17.0 Å². The van der Waals surface area contributed by atoms with Crippen molar-refractivity contribution in [3.63, 3.8) is 0 Å². The summed E-state index contributed by atoms with van der Waals surface area (Å²) in [5, 5.41) is 0. The third-order valence-corrected chi connectivity index (χ3v) is 4.21. The molecule has 0 unspecified atom stereocenters. The summed E-state index contributed by atoms with van der Waals surface area (Å²) in [6.45, 7) is 8.88. The van der Waals surface area contributed by atoms with Crippen LogP contribution in [-0.4, -0.2) is 19.8 Å². The Morgan fingerprint density at radius 1 is 0.647 bits per heavy atom. The molecule has 0 aliphatic carbocycles. The molecule has 0 spiro atoms. The van der Waals surface area contributed by atoms with Gasteiger partial charge in [0.15, 0.2) is 0 Å². The fourth-order valence-corrected chi connectivity index (χ4v) is 2.87. The maximum absolute atomic E-state index is 5.70. The summed E-state index contributed by atoms with van der Waals surface area (Å²) < 4.78 is 17.1. The number of rotatable bonds is 12. The van der Waals surface area contributed by atoms with Crippen LogP contribution in [-0.2, 0) is 29.0 Å². The van der Waals surface area contributed by atoms with Crippen LogP contribution in [0.3, 0.4) is 0 Å². The Bertz CT molecular complexity index is 115. The normalized spacial score (nSPS) is 10.1. The van der Waals surface area contributed by atoms with E-state index in [1.807, 2.05) is 0 Å². The topological polar surface area (TPSA) is 27.7 Å². The van der Waals surface area contributed by atoms with E-state index in [2.05, 4.69) is 20.8 Å². The molecule has 0 atom stereocenters. The molecule has 0 rings (SSSR count). The fourth-order valence-electron chi connectivity index (χ4n) is 1.02. The summed E-state index contributed by atoms with van der Waals surface area (Å²) in [5.41, 5.74) is 0. The molecule has 0 aliphatic rings. The van der Waals surface area contributed by atoms with Gasteiger partial charge in [-0.25, -0.2) is 0 Å².